The van der Waals surface area contributed by atoms with Crippen LogP contribution in [0.2, 0.25) is 0 Å². The lowest BCUT2D eigenvalue weighted by Gasteiger charge is -2.06. The van der Waals surface area contributed by atoms with Crippen LogP contribution in [-0.4, -0.2) is 21.8 Å². The largest absolute Gasteiger partial charge is 0.326 e. The second-order valence-electron chi connectivity index (χ2n) is 5.22. The van der Waals surface area contributed by atoms with E-state index in [9.17, 15) is 9.59 Å². The molecule has 1 aromatic carbocycles. The van der Waals surface area contributed by atoms with Gasteiger partial charge in [-0.3, -0.25) is 19.9 Å². The predicted molar refractivity (Wildman–Crippen MR) is 98.7 cm³/mol. The molecule has 2 heterocycles. The summed E-state index contributed by atoms with van der Waals surface area (Å²) in [6.45, 7) is 1.77. The summed E-state index contributed by atoms with van der Waals surface area (Å²) in [7, 11) is 0. The van der Waals surface area contributed by atoms with Crippen molar-refractivity contribution in [3.63, 3.8) is 0 Å². The lowest BCUT2D eigenvalue weighted by Crippen LogP contribution is -2.13. The molecule has 6 nitrogen and oxygen atoms in total. The maximum atomic E-state index is 12.4. The summed E-state index contributed by atoms with van der Waals surface area (Å²) in [4.78, 5) is 32.3. The molecule has 3 aromatic rings. The molecule has 0 spiro atoms. The molecule has 0 bridgehead atoms. The van der Waals surface area contributed by atoms with E-state index < -0.39 is 0 Å². The van der Waals surface area contributed by atoms with Crippen LogP contribution in [0.5, 0.6) is 0 Å². The summed E-state index contributed by atoms with van der Waals surface area (Å²) in [5, 5.41) is 7.89. The van der Waals surface area contributed by atoms with Crippen LogP contribution in [0.4, 0.5) is 10.8 Å². The molecule has 0 atom stereocenters. The van der Waals surface area contributed by atoms with Crippen molar-refractivity contribution in [2.75, 3.05) is 10.6 Å². The van der Waals surface area contributed by atoms with Gasteiger partial charge in [-0.1, -0.05) is 13.0 Å². The van der Waals surface area contributed by atoms with Crippen molar-refractivity contribution < 1.29 is 9.59 Å². The Morgan fingerprint density at radius 3 is 2.80 bits per heavy atom. The monoisotopic (exact) mass is 352 g/mol. The molecule has 0 saturated carbocycles. The molecule has 0 radical (unpaired) electrons. The Hall–Kier alpha value is -3.06. The van der Waals surface area contributed by atoms with E-state index in [0.29, 0.717) is 22.8 Å². The molecule has 7 heteroatoms. The molecule has 2 amide bonds. The molecular weight excluding hydrogens is 336 g/mol. The molecule has 0 aliphatic rings. The summed E-state index contributed by atoms with van der Waals surface area (Å²) in [5.74, 6) is -0.377. The standard InChI is InChI=1S/C18H16N4O2S/c1-2-16(23)20-14-7-3-5-12(9-14)17(24)22-18-21-15(11-25-18)13-6-4-8-19-10-13/h3-11H,2H2,1H3,(H,20,23)(H,21,22,24). The zero-order valence-corrected chi connectivity index (χ0v) is 14.3. The number of benzene rings is 1. The number of carbonyl (C=O) groups excluding carboxylic acids is 2. The first-order chi connectivity index (χ1) is 12.2. The van der Waals surface area contributed by atoms with Crippen LogP contribution < -0.4 is 10.6 Å². The highest BCUT2D eigenvalue weighted by atomic mass is 32.1. The van der Waals surface area contributed by atoms with Gasteiger partial charge in [-0.2, -0.15) is 0 Å². The Balaban J connectivity index is 1.71. The Labute approximate surface area is 149 Å². The first-order valence-electron chi connectivity index (χ1n) is 7.73. The first-order valence-corrected chi connectivity index (χ1v) is 8.61. The van der Waals surface area contributed by atoms with Crippen LogP contribution >= 0.6 is 11.3 Å². The highest BCUT2D eigenvalue weighted by Crippen LogP contribution is 2.24. The first kappa shape index (κ1) is 16.8. The van der Waals surface area contributed by atoms with Gasteiger partial charge in [0.15, 0.2) is 5.13 Å². The van der Waals surface area contributed by atoms with Gasteiger partial charge < -0.3 is 5.32 Å². The third-order valence-corrected chi connectivity index (χ3v) is 4.17. The summed E-state index contributed by atoms with van der Waals surface area (Å²) >= 11 is 1.35. The molecule has 25 heavy (non-hydrogen) atoms. The van der Waals surface area contributed by atoms with E-state index in [4.69, 9.17) is 0 Å². The molecule has 0 aliphatic carbocycles. The van der Waals surface area contributed by atoms with E-state index in [1.165, 1.54) is 11.3 Å². The van der Waals surface area contributed by atoms with Gasteiger partial charge in [-0.15, -0.1) is 11.3 Å². The van der Waals surface area contributed by atoms with E-state index in [1.54, 1.807) is 43.6 Å². The summed E-state index contributed by atoms with van der Waals surface area (Å²) in [6, 6.07) is 10.5. The fourth-order valence-electron chi connectivity index (χ4n) is 2.13. The number of amides is 2. The Kier molecular flexibility index (Phi) is 5.15. The van der Waals surface area contributed by atoms with Crippen molar-refractivity contribution in [1.29, 1.82) is 0 Å². The van der Waals surface area contributed by atoms with Crippen LogP contribution in [-0.2, 0) is 4.79 Å². The third-order valence-electron chi connectivity index (χ3n) is 3.41. The van der Waals surface area contributed by atoms with Gasteiger partial charge in [0.1, 0.15) is 0 Å². The molecule has 2 aromatic heterocycles. The van der Waals surface area contributed by atoms with E-state index in [0.717, 1.165) is 11.3 Å². The van der Waals surface area contributed by atoms with Crippen LogP contribution in [0.15, 0.2) is 54.2 Å². The van der Waals surface area contributed by atoms with E-state index in [1.807, 2.05) is 17.5 Å². The maximum absolute atomic E-state index is 12.4. The van der Waals surface area contributed by atoms with Gasteiger partial charge in [0.2, 0.25) is 5.91 Å². The zero-order valence-electron chi connectivity index (χ0n) is 13.5. The molecule has 0 fully saturated rings. The number of hydrogen-bond acceptors (Lipinski definition) is 5. The van der Waals surface area contributed by atoms with Gasteiger partial charge in [0, 0.05) is 41.0 Å². The van der Waals surface area contributed by atoms with Crippen molar-refractivity contribution in [2.24, 2.45) is 0 Å². The average molecular weight is 352 g/mol. The van der Waals surface area contributed by atoms with Gasteiger partial charge in [-0.05, 0) is 30.3 Å². The predicted octanol–water partition coefficient (Wildman–Crippen LogP) is 3.81. The second-order valence-corrected chi connectivity index (χ2v) is 6.07. The molecule has 0 unspecified atom stereocenters. The van der Waals surface area contributed by atoms with Gasteiger partial charge in [-0.25, -0.2) is 4.98 Å². The van der Waals surface area contributed by atoms with Gasteiger partial charge >= 0.3 is 0 Å². The highest BCUT2D eigenvalue weighted by Gasteiger charge is 2.11. The number of thiazole rings is 1. The van der Waals surface area contributed by atoms with Gasteiger partial charge in [0.05, 0.1) is 5.69 Å². The topological polar surface area (TPSA) is 84.0 Å². The van der Waals surface area contributed by atoms with E-state index >= 15 is 0 Å². The van der Waals surface area contributed by atoms with Crippen molar-refractivity contribution in [1.82, 2.24) is 9.97 Å². The molecule has 3 rings (SSSR count). The third kappa shape index (κ3) is 4.27. The summed E-state index contributed by atoms with van der Waals surface area (Å²) in [6.07, 6.45) is 3.80. The molecular formula is C18H16N4O2S. The Morgan fingerprint density at radius 2 is 2.04 bits per heavy atom. The van der Waals surface area contributed by atoms with Crippen molar-refractivity contribution in [3.05, 3.63) is 59.7 Å². The number of carbonyl (C=O) groups is 2. The van der Waals surface area contributed by atoms with Crippen LogP contribution in [0.25, 0.3) is 11.3 Å². The van der Waals surface area contributed by atoms with E-state index in [2.05, 4.69) is 20.6 Å². The summed E-state index contributed by atoms with van der Waals surface area (Å²) in [5.41, 5.74) is 2.70. The Morgan fingerprint density at radius 1 is 1.16 bits per heavy atom. The zero-order chi connectivity index (χ0) is 17.6. The fourth-order valence-corrected chi connectivity index (χ4v) is 2.85. The maximum Gasteiger partial charge on any atom is 0.257 e. The number of anilines is 2. The average Bonchev–Trinajstić information content (AvgIpc) is 3.11. The molecule has 126 valence electrons. The van der Waals surface area contributed by atoms with Crippen molar-refractivity contribution >= 4 is 34.0 Å². The number of pyridine rings is 1. The smallest absolute Gasteiger partial charge is 0.257 e. The number of nitrogens with one attached hydrogen (secondary N) is 2. The van der Waals surface area contributed by atoms with Crippen LogP contribution in [0, 0.1) is 0 Å². The van der Waals surface area contributed by atoms with Crippen molar-refractivity contribution in [3.8, 4) is 11.3 Å². The number of hydrogen-bond donors (Lipinski definition) is 2. The Bertz CT molecular complexity index is 893. The molecule has 0 aliphatic heterocycles. The molecule has 0 saturated heterocycles. The lowest BCUT2D eigenvalue weighted by atomic mass is 10.2. The van der Waals surface area contributed by atoms with Crippen molar-refractivity contribution in [2.45, 2.75) is 13.3 Å². The van der Waals surface area contributed by atoms with E-state index in [-0.39, 0.29) is 11.8 Å². The number of rotatable bonds is 5. The SMILES string of the molecule is CCC(=O)Nc1cccc(C(=O)Nc2nc(-c3cccnc3)cs2)c1. The normalized spacial score (nSPS) is 10.3. The minimum absolute atomic E-state index is 0.0985. The van der Waals surface area contributed by atoms with Gasteiger partial charge in [0.25, 0.3) is 5.91 Å². The highest BCUT2D eigenvalue weighted by molar-refractivity contribution is 7.14. The van der Waals surface area contributed by atoms with Crippen LogP contribution in [0.1, 0.15) is 23.7 Å². The fraction of sp³-hybridized carbons (Fsp3) is 0.111. The van der Waals surface area contributed by atoms with Crippen LogP contribution in [0.3, 0.4) is 0 Å². The number of nitrogens with zero attached hydrogens (tertiary/aromatic N) is 2. The minimum atomic E-state index is -0.278. The quantitative estimate of drug-likeness (QED) is 0.731. The number of aromatic nitrogens is 2. The minimum Gasteiger partial charge on any atom is -0.326 e. The summed E-state index contributed by atoms with van der Waals surface area (Å²) < 4.78 is 0. The lowest BCUT2D eigenvalue weighted by molar-refractivity contribution is -0.115. The second kappa shape index (κ2) is 7.67. The molecule has 2 N–H and O–H groups in total.